The number of amidine groups is 1. The molecule has 41 heavy (non-hydrogen) atoms. The number of nitrogens with zero attached hydrogens (tertiary/aromatic N) is 3. The average Bonchev–Trinajstić information content (AvgIpc) is 3.47. The number of fused-ring (bicyclic) bond motifs is 1. The summed E-state index contributed by atoms with van der Waals surface area (Å²) in [5.74, 6) is -2.31. The second kappa shape index (κ2) is 10.8. The number of methoxy groups -OCH3 is 3. The Morgan fingerprint density at radius 3 is 2.22 bits per heavy atom. The third kappa shape index (κ3) is 4.38. The van der Waals surface area contributed by atoms with Gasteiger partial charge in [0.15, 0.2) is 5.70 Å². The summed E-state index contributed by atoms with van der Waals surface area (Å²) in [4.78, 5) is 62.0. The van der Waals surface area contributed by atoms with Crippen LogP contribution in [0.4, 0.5) is 5.69 Å². The molecule has 10 heteroatoms. The molecule has 3 heterocycles. The zero-order valence-electron chi connectivity index (χ0n) is 23.7. The van der Waals surface area contributed by atoms with Crippen LogP contribution in [-0.2, 0) is 45.3 Å². The van der Waals surface area contributed by atoms with Crippen LogP contribution in [-0.4, -0.2) is 68.0 Å². The van der Waals surface area contributed by atoms with E-state index in [0.29, 0.717) is 6.54 Å². The molecule has 2 aromatic carbocycles. The first-order chi connectivity index (χ1) is 19.7. The predicted octanol–water partition coefficient (Wildman–Crippen LogP) is 3.15. The van der Waals surface area contributed by atoms with Gasteiger partial charge < -0.3 is 19.1 Å². The van der Waals surface area contributed by atoms with Crippen molar-refractivity contribution in [3.8, 4) is 0 Å². The fourth-order valence-electron chi connectivity index (χ4n) is 6.41. The summed E-state index contributed by atoms with van der Waals surface area (Å²) in [5, 5.41) is 0. The first kappa shape index (κ1) is 28.1. The van der Waals surface area contributed by atoms with Gasteiger partial charge >= 0.3 is 17.9 Å². The molecule has 0 radical (unpaired) electrons. The third-order valence-electron chi connectivity index (χ3n) is 7.98. The zero-order valence-corrected chi connectivity index (χ0v) is 23.7. The van der Waals surface area contributed by atoms with Crippen molar-refractivity contribution in [3.63, 3.8) is 0 Å². The number of hydrogen-bond donors (Lipinski definition) is 0. The Bertz CT molecular complexity index is 1470. The molecular weight excluding hydrogens is 526 g/mol. The molecule has 0 N–H and O–H groups in total. The number of carbonyl (C=O) groups excluding carboxylic acids is 4. The molecule has 5 rings (SSSR count). The van der Waals surface area contributed by atoms with E-state index in [1.807, 2.05) is 73.3 Å². The molecule has 1 saturated heterocycles. The van der Waals surface area contributed by atoms with Crippen LogP contribution in [0.1, 0.15) is 37.8 Å². The van der Waals surface area contributed by atoms with Crippen LogP contribution in [0.2, 0.25) is 0 Å². The van der Waals surface area contributed by atoms with Gasteiger partial charge in [0.05, 0.1) is 38.4 Å². The average molecular weight is 560 g/mol. The minimum atomic E-state index is -1.14. The molecule has 1 spiro atoms. The van der Waals surface area contributed by atoms with Gasteiger partial charge in [-0.25, -0.2) is 19.4 Å². The van der Waals surface area contributed by atoms with Gasteiger partial charge in [0, 0.05) is 18.7 Å². The van der Waals surface area contributed by atoms with Crippen molar-refractivity contribution in [2.45, 2.75) is 50.7 Å². The predicted molar refractivity (Wildman–Crippen MR) is 150 cm³/mol. The number of anilines is 1. The summed E-state index contributed by atoms with van der Waals surface area (Å²) < 4.78 is 15.5. The molecular formula is C31H33N3O7. The van der Waals surface area contributed by atoms with Crippen LogP contribution >= 0.6 is 0 Å². The van der Waals surface area contributed by atoms with E-state index in [9.17, 15) is 19.2 Å². The normalized spacial score (nSPS) is 22.5. The number of aliphatic imine (C=N–C) groups is 1. The van der Waals surface area contributed by atoms with E-state index < -0.39 is 35.4 Å². The summed E-state index contributed by atoms with van der Waals surface area (Å²) in [7, 11) is 3.71. The lowest BCUT2D eigenvalue weighted by atomic mass is 9.69. The van der Waals surface area contributed by atoms with E-state index in [1.54, 1.807) is 0 Å². The number of hydrogen-bond acceptors (Lipinski definition) is 9. The Labute approximate surface area is 238 Å². The standard InChI is InChI=1S/C31H33N3O7/c1-18(2)15-23(35)34-22(27(36)39-3)16-31-20-13-9-10-14-21(20)33(17-19-11-7-6-8-12-19)26(31)24(28(37)40-4)25(29(38)41-5)32-30(31)34/h6-14,18,22,26H,15-17H2,1-5H3/t22-,26-,31-/m0/s1. The number of carbonyl (C=O) groups is 4. The molecule has 0 aliphatic carbocycles. The van der Waals surface area contributed by atoms with E-state index >= 15 is 0 Å². The van der Waals surface area contributed by atoms with E-state index in [1.165, 1.54) is 26.2 Å². The second-order valence-electron chi connectivity index (χ2n) is 10.8. The Morgan fingerprint density at radius 1 is 0.927 bits per heavy atom. The minimum absolute atomic E-state index is 0.0102. The van der Waals surface area contributed by atoms with Crippen molar-refractivity contribution in [1.29, 1.82) is 0 Å². The number of likely N-dealkylation sites (tertiary alicyclic amines) is 1. The largest absolute Gasteiger partial charge is 0.467 e. The molecule has 1 amide bonds. The minimum Gasteiger partial charge on any atom is -0.467 e. The molecule has 0 aromatic heterocycles. The van der Waals surface area contributed by atoms with Crippen LogP contribution in [0.3, 0.4) is 0 Å². The van der Waals surface area contributed by atoms with Crippen LogP contribution in [0.15, 0.2) is 70.9 Å². The number of ether oxygens (including phenoxy) is 3. The van der Waals surface area contributed by atoms with Crippen LogP contribution in [0.25, 0.3) is 0 Å². The molecule has 3 aliphatic heterocycles. The third-order valence-corrected chi connectivity index (χ3v) is 7.98. The molecule has 3 aliphatic rings. The lowest BCUT2D eigenvalue weighted by Gasteiger charge is -2.40. The molecule has 214 valence electrons. The lowest BCUT2D eigenvalue weighted by molar-refractivity contribution is -0.149. The van der Waals surface area contributed by atoms with Gasteiger partial charge in [-0.05, 0) is 29.5 Å². The van der Waals surface area contributed by atoms with Crippen molar-refractivity contribution in [3.05, 3.63) is 77.0 Å². The van der Waals surface area contributed by atoms with E-state index in [4.69, 9.17) is 19.2 Å². The first-order valence-electron chi connectivity index (χ1n) is 13.5. The Morgan fingerprint density at radius 2 is 1.59 bits per heavy atom. The van der Waals surface area contributed by atoms with Gasteiger partial charge in [-0.3, -0.25) is 9.69 Å². The summed E-state index contributed by atoms with van der Waals surface area (Å²) >= 11 is 0. The fourth-order valence-corrected chi connectivity index (χ4v) is 6.41. The van der Waals surface area contributed by atoms with Gasteiger partial charge in [0.25, 0.3) is 0 Å². The molecule has 10 nitrogen and oxygen atoms in total. The van der Waals surface area contributed by atoms with Gasteiger partial charge in [0.1, 0.15) is 11.9 Å². The highest BCUT2D eigenvalue weighted by atomic mass is 16.5. The van der Waals surface area contributed by atoms with E-state index in [0.717, 1.165) is 16.8 Å². The number of para-hydroxylation sites is 1. The summed E-state index contributed by atoms with van der Waals surface area (Å²) in [6.07, 6.45) is 0.244. The monoisotopic (exact) mass is 559 g/mol. The van der Waals surface area contributed by atoms with E-state index in [-0.39, 0.29) is 41.8 Å². The van der Waals surface area contributed by atoms with Crippen LogP contribution in [0, 0.1) is 5.92 Å². The SMILES string of the molecule is COC(=O)C1=C(C(=O)OC)[C@@H]2N(Cc3ccccc3)c3ccccc3[C@@]23C[C@@H](C(=O)OC)N(C(=O)CC(C)C)C3=N1. The summed E-state index contributed by atoms with van der Waals surface area (Å²) in [6.45, 7) is 4.18. The maximum absolute atomic E-state index is 13.8. The smallest absolute Gasteiger partial charge is 0.357 e. The molecule has 0 bridgehead atoms. The van der Waals surface area contributed by atoms with Crippen molar-refractivity contribution in [2.24, 2.45) is 10.9 Å². The maximum atomic E-state index is 13.8. The molecule has 0 saturated carbocycles. The molecule has 1 fully saturated rings. The number of benzene rings is 2. The zero-order chi connectivity index (χ0) is 29.5. The highest BCUT2D eigenvalue weighted by Crippen LogP contribution is 2.58. The summed E-state index contributed by atoms with van der Waals surface area (Å²) in [6, 6.07) is 15.5. The molecule has 2 aromatic rings. The summed E-state index contributed by atoms with van der Waals surface area (Å²) in [5.41, 5.74) is 1.16. The number of rotatable bonds is 7. The Hall–Kier alpha value is -4.47. The maximum Gasteiger partial charge on any atom is 0.357 e. The Kier molecular flexibility index (Phi) is 7.42. The molecule has 0 unspecified atom stereocenters. The highest BCUT2D eigenvalue weighted by molar-refractivity contribution is 6.17. The van der Waals surface area contributed by atoms with Crippen LogP contribution < -0.4 is 4.90 Å². The Balaban J connectivity index is 1.84. The topological polar surface area (TPSA) is 115 Å². The molecule has 3 atom stereocenters. The van der Waals surface area contributed by atoms with Gasteiger partial charge in [-0.15, -0.1) is 0 Å². The number of amides is 1. The second-order valence-corrected chi connectivity index (χ2v) is 10.8. The highest BCUT2D eigenvalue weighted by Gasteiger charge is 2.67. The first-order valence-corrected chi connectivity index (χ1v) is 13.5. The van der Waals surface area contributed by atoms with Crippen LogP contribution in [0.5, 0.6) is 0 Å². The lowest BCUT2D eigenvalue weighted by Crippen LogP contribution is -2.55. The van der Waals surface area contributed by atoms with Gasteiger partial charge in [-0.1, -0.05) is 62.4 Å². The fraction of sp³-hybridized carbons (Fsp3) is 0.387. The van der Waals surface area contributed by atoms with Gasteiger partial charge in [-0.2, -0.15) is 0 Å². The van der Waals surface area contributed by atoms with Crippen molar-refractivity contribution < 1.29 is 33.4 Å². The van der Waals surface area contributed by atoms with Crippen molar-refractivity contribution in [2.75, 3.05) is 26.2 Å². The van der Waals surface area contributed by atoms with Crippen molar-refractivity contribution in [1.82, 2.24) is 4.90 Å². The van der Waals surface area contributed by atoms with Crippen molar-refractivity contribution >= 4 is 35.3 Å². The number of esters is 3. The van der Waals surface area contributed by atoms with E-state index in [2.05, 4.69) is 0 Å². The quantitative estimate of drug-likeness (QED) is 0.376. The van der Waals surface area contributed by atoms with Gasteiger partial charge in [0.2, 0.25) is 5.91 Å².